The quantitative estimate of drug-likeness (QED) is 0.677. The van der Waals surface area contributed by atoms with E-state index < -0.39 is 15.4 Å². The van der Waals surface area contributed by atoms with Crippen LogP contribution in [0.4, 0.5) is 4.79 Å². The van der Waals surface area contributed by atoms with Gasteiger partial charge in [0.05, 0.1) is 11.5 Å². The number of sulfone groups is 1. The molecule has 2 aromatic rings. The van der Waals surface area contributed by atoms with Gasteiger partial charge >= 0.3 is 6.09 Å². The van der Waals surface area contributed by atoms with Crippen molar-refractivity contribution in [1.29, 1.82) is 0 Å². The van der Waals surface area contributed by atoms with Gasteiger partial charge in [-0.1, -0.05) is 0 Å². The molecule has 1 aromatic heterocycles. The minimum absolute atomic E-state index is 0.201. The number of ether oxygens (including phenoxy) is 2. The molecule has 1 aliphatic rings. The lowest BCUT2D eigenvalue weighted by atomic mass is 9.98. The van der Waals surface area contributed by atoms with Crippen molar-refractivity contribution in [1.82, 2.24) is 9.47 Å². The third kappa shape index (κ3) is 6.35. The fourth-order valence-electron chi connectivity index (χ4n) is 3.44. The SMILES string of the molecule is CC(C)(C)OC(=O)N1CCC(COc2ccn(-c3ccc(S(C)(=O)=O)cc3)c(=O)c2)CC1. The molecule has 2 heterocycles. The summed E-state index contributed by atoms with van der Waals surface area (Å²) in [6, 6.07) is 9.27. The van der Waals surface area contributed by atoms with Crippen molar-refractivity contribution in [3.63, 3.8) is 0 Å². The second-order valence-corrected chi connectivity index (χ2v) is 11.1. The van der Waals surface area contributed by atoms with E-state index in [1.165, 1.54) is 22.8 Å². The van der Waals surface area contributed by atoms with Gasteiger partial charge in [0.25, 0.3) is 5.56 Å². The summed E-state index contributed by atoms with van der Waals surface area (Å²) in [5.41, 5.74) is -0.203. The summed E-state index contributed by atoms with van der Waals surface area (Å²) in [6.07, 6.45) is 4.08. The molecule has 0 bridgehead atoms. The third-order valence-corrected chi connectivity index (χ3v) is 6.31. The smallest absolute Gasteiger partial charge is 0.410 e. The molecule has 1 fully saturated rings. The summed E-state index contributed by atoms with van der Waals surface area (Å²) >= 11 is 0. The first-order valence-corrected chi connectivity index (χ1v) is 12.5. The summed E-state index contributed by atoms with van der Waals surface area (Å²) in [6.45, 7) is 7.26. The van der Waals surface area contributed by atoms with Crippen LogP contribution in [0.5, 0.6) is 5.75 Å². The van der Waals surface area contributed by atoms with Crippen LogP contribution in [-0.2, 0) is 14.6 Å². The van der Waals surface area contributed by atoms with Crippen molar-refractivity contribution in [3.8, 4) is 11.4 Å². The van der Waals surface area contributed by atoms with Gasteiger partial charge in [-0.3, -0.25) is 9.36 Å². The van der Waals surface area contributed by atoms with Gasteiger partial charge in [0, 0.05) is 37.3 Å². The second kappa shape index (κ2) is 9.36. The highest BCUT2D eigenvalue weighted by molar-refractivity contribution is 7.90. The Morgan fingerprint density at radius 2 is 1.72 bits per heavy atom. The summed E-state index contributed by atoms with van der Waals surface area (Å²) in [4.78, 5) is 26.6. The minimum atomic E-state index is -3.29. The lowest BCUT2D eigenvalue weighted by molar-refractivity contribution is 0.0165. The number of amides is 1. The molecule has 0 N–H and O–H groups in total. The monoisotopic (exact) mass is 462 g/mol. The Morgan fingerprint density at radius 3 is 2.25 bits per heavy atom. The standard InChI is InChI=1S/C23H30N2O6S/c1-23(2,3)31-22(27)24-12-9-17(10-13-24)16-30-19-11-14-25(21(26)15-19)18-5-7-20(8-6-18)32(4,28)29/h5-8,11,14-15,17H,9-10,12-13,16H2,1-4H3. The number of aromatic nitrogens is 1. The van der Waals surface area contributed by atoms with Gasteiger partial charge in [-0.15, -0.1) is 0 Å². The van der Waals surface area contributed by atoms with Gasteiger partial charge in [-0.2, -0.15) is 0 Å². The van der Waals surface area contributed by atoms with Crippen LogP contribution in [0, 0.1) is 5.92 Å². The molecule has 3 rings (SSSR count). The Bertz CT molecular complexity index is 1110. The van der Waals surface area contributed by atoms with E-state index in [9.17, 15) is 18.0 Å². The molecule has 0 saturated carbocycles. The Kier molecular flexibility index (Phi) is 6.97. The van der Waals surface area contributed by atoms with E-state index in [2.05, 4.69) is 0 Å². The average molecular weight is 463 g/mol. The molecular weight excluding hydrogens is 432 g/mol. The Hall–Kier alpha value is -2.81. The minimum Gasteiger partial charge on any atom is -0.493 e. The highest BCUT2D eigenvalue weighted by Gasteiger charge is 2.27. The zero-order chi connectivity index (χ0) is 23.5. The molecule has 0 aliphatic carbocycles. The molecule has 0 atom stereocenters. The van der Waals surface area contributed by atoms with Crippen molar-refractivity contribution in [2.24, 2.45) is 5.92 Å². The lowest BCUT2D eigenvalue weighted by Crippen LogP contribution is -2.42. The number of hydrogen-bond acceptors (Lipinski definition) is 6. The molecule has 8 nitrogen and oxygen atoms in total. The van der Waals surface area contributed by atoms with Crippen LogP contribution in [0.3, 0.4) is 0 Å². The molecule has 174 valence electrons. The van der Waals surface area contributed by atoms with Gasteiger partial charge in [-0.25, -0.2) is 13.2 Å². The number of hydrogen-bond donors (Lipinski definition) is 0. The summed E-state index contributed by atoms with van der Waals surface area (Å²) < 4.78 is 35.9. The maximum atomic E-state index is 12.5. The molecule has 0 radical (unpaired) electrons. The topological polar surface area (TPSA) is 94.9 Å². The van der Waals surface area contributed by atoms with Crippen molar-refractivity contribution >= 4 is 15.9 Å². The predicted octanol–water partition coefficient (Wildman–Crippen LogP) is 3.27. The van der Waals surface area contributed by atoms with Crippen molar-refractivity contribution in [2.75, 3.05) is 26.0 Å². The zero-order valence-corrected chi connectivity index (χ0v) is 19.7. The first-order valence-electron chi connectivity index (χ1n) is 10.6. The van der Waals surface area contributed by atoms with Crippen LogP contribution in [0.2, 0.25) is 0 Å². The molecule has 1 aliphatic heterocycles. The van der Waals surface area contributed by atoms with Gasteiger partial charge in [0.2, 0.25) is 0 Å². The Labute approximate surface area is 188 Å². The van der Waals surface area contributed by atoms with E-state index in [0.717, 1.165) is 19.1 Å². The molecule has 1 aromatic carbocycles. The van der Waals surface area contributed by atoms with Crippen LogP contribution >= 0.6 is 0 Å². The largest absolute Gasteiger partial charge is 0.493 e. The van der Waals surface area contributed by atoms with Gasteiger partial charge in [0.1, 0.15) is 11.4 Å². The number of benzene rings is 1. The molecular formula is C23H30N2O6S. The second-order valence-electron chi connectivity index (χ2n) is 9.06. The molecule has 0 unspecified atom stereocenters. The van der Waals surface area contributed by atoms with E-state index in [4.69, 9.17) is 9.47 Å². The first-order chi connectivity index (χ1) is 14.9. The van der Waals surface area contributed by atoms with Gasteiger partial charge < -0.3 is 14.4 Å². The average Bonchev–Trinajstić information content (AvgIpc) is 2.71. The van der Waals surface area contributed by atoms with Crippen molar-refractivity contribution in [3.05, 3.63) is 52.9 Å². The van der Waals surface area contributed by atoms with Gasteiger partial charge in [0.15, 0.2) is 9.84 Å². The number of pyridine rings is 1. The number of piperidine rings is 1. The number of likely N-dealkylation sites (tertiary alicyclic amines) is 1. The van der Waals surface area contributed by atoms with E-state index in [0.29, 0.717) is 37.1 Å². The van der Waals surface area contributed by atoms with E-state index in [-0.39, 0.29) is 16.5 Å². The zero-order valence-electron chi connectivity index (χ0n) is 18.9. The molecule has 0 spiro atoms. The summed E-state index contributed by atoms with van der Waals surface area (Å²) in [5, 5.41) is 0. The fraction of sp³-hybridized carbons (Fsp3) is 0.478. The van der Waals surface area contributed by atoms with Crippen molar-refractivity contribution in [2.45, 2.75) is 44.1 Å². The van der Waals surface area contributed by atoms with Crippen LogP contribution in [0.25, 0.3) is 5.69 Å². The summed E-state index contributed by atoms with van der Waals surface area (Å²) in [7, 11) is -3.29. The molecule has 1 amide bonds. The number of carbonyl (C=O) groups is 1. The maximum absolute atomic E-state index is 12.5. The van der Waals surface area contributed by atoms with Gasteiger partial charge in [-0.05, 0) is 69.9 Å². The molecule has 32 heavy (non-hydrogen) atoms. The van der Waals surface area contributed by atoms with Crippen LogP contribution in [-0.4, -0.2) is 55.5 Å². The van der Waals surface area contributed by atoms with Crippen LogP contribution in [0.15, 0.2) is 52.3 Å². The van der Waals surface area contributed by atoms with Crippen LogP contribution in [0.1, 0.15) is 33.6 Å². The molecule has 1 saturated heterocycles. The number of nitrogens with zero attached hydrogens (tertiary/aromatic N) is 2. The maximum Gasteiger partial charge on any atom is 0.410 e. The highest BCUT2D eigenvalue weighted by Crippen LogP contribution is 2.21. The lowest BCUT2D eigenvalue weighted by Gasteiger charge is -2.33. The normalized spacial score (nSPS) is 15.4. The molecule has 9 heteroatoms. The van der Waals surface area contributed by atoms with E-state index in [1.807, 2.05) is 20.8 Å². The highest BCUT2D eigenvalue weighted by atomic mass is 32.2. The fourth-order valence-corrected chi connectivity index (χ4v) is 4.07. The van der Waals surface area contributed by atoms with E-state index in [1.54, 1.807) is 29.3 Å². The van der Waals surface area contributed by atoms with Crippen LogP contribution < -0.4 is 10.3 Å². The third-order valence-electron chi connectivity index (χ3n) is 5.19. The number of rotatable bonds is 5. The first kappa shape index (κ1) is 23.8. The Balaban J connectivity index is 1.55. The van der Waals surface area contributed by atoms with E-state index >= 15 is 0 Å². The summed E-state index contributed by atoms with van der Waals surface area (Å²) in [5.74, 6) is 0.772. The van der Waals surface area contributed by atoms with Crippen molar-refractivity contribution < 1.29 is 22.7 Å². The predicted molar refractivity (Wildman–Crippen MR) is 121 cm³/mol. The Morgan fingerprint density at radius 1 is 1.09 bits per heavy atom. The number of carbonyl (C=O) groups excluding carboxylic acids is 1.